The van der Waals surface area contributed by atoms with Gasteiger partial charge in [-0.25, -0.2) is 4.79 Å². The van der Waals surface area contributed by atoms with Crippen LogP contribution in [0.4, 0.5) is 0 Å². The molecule has 6 nitrogen and oxygen atoms in total. The molecule has 2 heterocycles. The maximum absolute atomic E-state index is 13.5. The number of H-pyrrole nitrogens is 1. The van der Waals surface area contributed by atoms with Gasteiger partial charge in [0, 0.05) is 17.3 Å². The van der Waals surface area contributed by atoms with Crippen LogP contribution in [0.15, 0.2) is 17.5 Å². The van der Waals surface area contributed by atoms with Crippen LogP contribution in [0.25, 0.3) is 0 Å². The summed E-state index contributed by atoms with van der Waals surface area (Å²) < 4.78 is 4.81. The highest BCUT2D eigenvalue weighted by molar-refractivity contribution is 7.12. The van der Waals surface area contributed by atoms with E-state index < -0.39 is 12.0 Å². The first-order valence-corrected chi connectivity index (χ1v) is 10.9. The van der Waals surface area contributed by atoms with Crippen LogP contribution in [0.5, 0.6) is 0 Å². The predicted octanol–water partition coefficient (Wildman–Crippen LogP) is 4.53. The molecule has 7 heteroatoms. The molecule has 0 radical (unpaired) electrons. The average molecular weight is 417 g/mol. The van der Waals surface area contributed by atoms with Gasteiger partial charge in [-0.3, -0.25) is 9.59 Å². The number of carbonyl (C=O) groups excluding carboxylic acids is 3. The molecule has 1 amide bonds. The van der Waals surface area contributed by atoms with Crippen molar-refractivity contribution in [3.05, 3.63) is 44.9 Å². The summed E-state index contributed by atoms with van der Waals surface area (Å²) in [6, 6.07) is 3.10. The minimum Gasteiger partial charge on any atom is -0.464 e. The van der Waals surface area contributed by atoms with Crippen molar-refractivity contribution >= 4 is 29.0 Å². The number of thiophene rings is 1. The molecule has 0 spiro atoms. The number of carbonyl (C=O) groups is 3. The van der Waals surface area contributed by atoms with Gasteiger partial charge in [0.1, 0.15) is 5.69 Å². The number of nitrogens with one attached hydrogen (secondary N) is 1. The number of amides is 1. The van der Waals surface area contributed by atoms with Crippen LogP contribution in [0.3, 0.4) is 0 Å². The number of aryl methyl sites for hydroxylation is 1. The summed E-state index contributed by atoms with van der Waals surface area (Å²) in [6.07, 6.45) is 5.11. The molecule has 3 rings (SSSR count). The molecule has 156 valence electrons. The van der Waals surface area contributed by atoms with Crippen LogP contribution < -0.4 is 0 Å². The Kier molecular flexibility index (Phi) is 6.57. The van der Waals surface area contributed by atoms with Gasteiger partial charge >= 0.3 is 5.97 Å². The van der Waals surface area contributed by atoms with Crippen molar-refractivity contribution in [3.8, 4) is 0 Å². The summed E-state index contributed by atoms with van der Waals surface area (Å²) in [7, 11) is 1.31. The van der Waals surface area contributed by atoms with Crippen molar-refractivity contribution in [1.29, 1.82) is 0 Å². The van der Waals surface area contributed by atoms with Crippen molar-refractivity contribution in [3.63, 3.8) is 0 Å². The molecular weight excluding hydrogens is 388 g/mol. The second-order valence-electron chi connectivity index (χ2n) is 7.64. The number of ether oxygens (including phenoxy) is 1. The topological polar surface area (TPSA) is 79.5 Å². The van der Waals surface area contributed by atoms with E-state index in [0.717, 1.165) is 25.7 Å². The monoisotopic (exact) mass is 416 g/mol. The first-order chi connectivity index (χ1) is 13.9. The molecule has 1 N–H and O–H groups in total. The molecule has 1 unspecified atom stereocenters. The fourth-order valence-electron chi connectivity index (χ4n) is 4.31. The van der Waals surface area contributed by atoms with E-state index in [1.165, 1.54) is 24.9 Å². The van der Waals surface area contributed by atoms with E-state index >= 15 is 0 Å². The van der Waals surface area contributed by atoms with Gasteiger partial charge in [0.25, 0.3) is 5.91 Å². The summed E-state index contributed by atoms with van der Waals surface area (Å²) in [5, 5.41) is 1.88. The largest absolute Gasteiger partial charge is 0.464 e. The van der Waals surface area contributed by atoms with Gasteiger partial charge in [0.05, 0.1) is 18.0 Å². The number of rotatable bonds is 6. The minimum atomic E-state index is -0.619. The van der Waals surface area contributed by atoms with Gasteiger partial charge in [-0.1, -0.05) is 25.3 Å². The third kappa shape index (κ3) is 4.15. The quantitative estimate of drug-likeness (QED) is 0.554. The number of ketones is 1. The summed E-state index contributed by atoms with van der Waals surface area (Å²) in [4.78, 5) is 44.2. The summed E-state index contributed by atoms with van der Waals surface area (Å²) in [5.74, 6) is -0.746. The molecule has 2 aromatic rings. The molecule has 1 aliphatic carbocycles. The van der Waals surface area contributed by atoms with E-state index in [4.69, 9.17) is 4.74 Å². The number of hydrogen-bond donors (Lipinski definition) is 1. The van der Waals surface area contributed by atoms with Crippen LogP contribution in [0, 0.1) is 13.8 Å². The van der Waals surface area contributed by atoms with Crippen LogP contribution >= 0.6 is 11.3 Å². The first-order valence-electron chi connectivity index (χ1n) is 10.0. The van der Waals surface area contributed by atoms with E-state index in [1.807, 2.05) is 17.5 Å². The molecule has 0 aliphatic heterocycles. The standard InChI is InChI=1S/C22H28N2O4S/c1-13-18(14(2)23-19(13)22(27)28-4)20(25)15(3)24(16-9-6-5-7-10-16)21(26)17-11-8-12-29-17/h8,11-12,15-16,23H,5-7,9-10H2,1-4H3. The first kappa shape index (κ1) is 21.3. The Morgan fingerprint density at radius 3 is 2.48 bits per heavy atom. The second kappa shape index (κ2) is 8.95. The minimum absolute atomic E-state index is 0.0527. The maximum atomic E-state index is 13.5. The zero-order valence-corrected chi connectivity index (χ0v) is 18.2. The number of hydrogen-bond acceptors (Lipinski definition) is 5. The number of methoxy groups -OCH3 is 1. The Labute approximate surface area is 175 Å². The summed E-state index contributed by atoms with van der Waals surface area (Å²) in [6.45, 7) is 5.30. The van der Waals surface area contributed by atoms with Crippen molar-refractivity contribution in [1.82, 2.24) is 9.88 Å². The molecule has 0 bridgehead atoms. The maximum Gasteiger partial charge on any atom is 0.354 e. The molecule has 1 saturated carbocycles. The van der Waals surface area contributed by atoms with Gasteiger partial charge in [-0.05, 0) is 50.6 Å². The molecule has 0 aromatic carbocycles. The molecule has 1 aliphatic rings. The Bertz CT molecular complexity index is 894. The molecular formula is C22H28N2O4S. The normalized spacial score (nSPS) is 15.7. The highest BCUT2D eigenvalue weighted by atomic mass is 32.1. The number of aromatic amines is 1. The van der Waals surface area contributed by atoms with Gasteiger partial charge in [-0.15, -0.1) is 11.3 Å². The van der Waals surface area contributed by atoms with Gasteiger partial charge < -0.3 is 14.6 Å². The van der Waals surface area contributed by atoms with Crippen LogP contribution in [-0.2, 0) is 4.74 Å². The van der Waals surface area contributed by atoms with Crippen LogP contribution in [0.1, 0.15) is 80.8 Å². The predicted molar refractivity (Wildman–Crippen MR) is 113 cm³/mol. The smallest absolute Gasteiger partial charge is 0.354 e. The Morgan fingerprint density at radius 2 is 1.90 bits per heavy atom. The third-order valence-electron chi connectivity index (χ3n) is 5.80. The summed E-state index contributed by atoms with van der Waals surface area (Å²) in [5.41, 5.74) is 1.94. The lowest BCUT2D eigenvalue weighted by molar-refractivity contribution is 0.0490. The zero-order valence-electron chi connectivity index (χ0n) is 17.4. The number of Topliss-reactive ketones (excluding diaryl/α,β-unsaturated/α-hetero) is 1. The van der Waals surface area contributed by atoms with Crippen molar-refractivity contribution in [2.45, 2.75) is 65.0 Å². The van der Waals surface area contributed by atoms with Crippen molar-refractivity contribution in [2.75, 3.05) is 7.11 Å². The SMILES string of the molecule is COC(=O)c1[nH]c(C)c(C(=O)C(C)N(C(=O)c2cccs2)C2CCCCC2)c1C. The number of esters is 1. The van der Waals surface area contributed by atoms with Gasteiger partial charge in [0.15, 0.2) is 5.78 Å². The fourth-order valence-corrected chi connectivity index (χ4v) is 4.97. The highest BCUT2D eigenvalue weighted by Gasteiger charge is 2.36. The Hall–Kier alpha value is -2.41. The Balaban J connectivity index is 1.96. The van der Waals surface area contributed by atoms with Crippen LogP contribution in [-0.4, -0.2) is 46.7 Å². The molecule has 1 atom stereocenters. The molecule has 2 aromatic heterocycles. The number of nitrogens with zero attached hydrogens (tertiary/aromatic N) is 1. The Morgan fingerprint density at radius 1 is 1.21 bits per heavy atom. The molecule has 0 saturated heterocycles. The van der Waals surface area contributed by atoms with E-state index in [0.29, 0.717) is 21.7 Å². The number of aromatic nitrogens is 1. The van der Waals surface area contributed by atoms with E-state index in [-0.39, 0.29) is 23.4 Å². The fraction of sp³-hybridized carbons (Fsp3) is 0.500. The molecule has 29 heavy (non-hydrogen) atoms. The zero-order chi connectivity index (χ0) is 21.1. The van der Waals surface area contributed by atoms with Crippen LogP contribution in [0.2, 0.25) is 0 Å². The molecule has 1 fully saturated rings. The summed E-state index contributed by atoms with van der Waals surface area (Å²) >= 11 is 1.40. The lowest BCUT2D eigenvalue weighted by Crippen LogP contribution is -2.50. The lowest BCUT2D eigenvalue weighted by Gasteiger charge is -2.38. The van der Waals surface area contributed by atoms with E-state index in [2.05, 4.69) is 4.98 Å². The lowest BCUT2D eigenvalue weighted by atomic mass is 9.91. The van der Waals surface area contributed by atoms with E-state index in [9.17, 15) is 14.4 Å². The third-order valence-corrected chi connectivity index (χ3v) is 6.66. The van der Waals surface area contributed by atoms with Gasteiger partial charge in [0.2, 0.25) is 0 Å². The van der Waals surface area contributed by atoms with Crippen molar-refractivity contribution < 1.29 is 19.1 Å². The van der Waals surface area contributed by atoms with E-state index in [1.54, 1.807) is 25.7 Å². The average Bonchev–Trinajstić information content (AvgIpc) is 3.36. The second-order valence-corrected chi connectivity index (χ2v) is 8.59. The van der Waals surface area contributed by atoms with Crippen molar-refractivity contribution in [2.24, 2.45) is 0 Å². The van der Waals surface area contributed by atoms with Gasteiger partial charge in [-0.2, -0.15) is 0 Å². The highest BCUT2D eigenvalue weighted by Crippen LogP contribution is 2.29.